The van der Waals surface area contributed by atoms with Crippen LogP contribution in [-0.4, -0.2) is 11.0 Å². The Morgan fingerprint density at radius 1 is 1.14 bits per heavy atom. The maximum atomic E-state index is 12.4. The number of carbonyl (C=O) groups is 1. The summed E-state index contributed by atoms with van der Waals surface area (Å²) in [6, 6.07) is 11.3. The van der Waals surface area contributed by atoms with E-state index in [1.165, 1.54) is 11.3 Å². The van der Waals surface area contributed by atoms with Gasteiger partial charge in [0.2, 0.25) is 0 Å². The molecule has 4 rings (SSSR count). The van der Waals surface area contributed by atoms with E-state index in [0.717, 1.165) is 24.3 Å². The number of hydrogen-bond donors (Lipinski definition) is 1. The Labute approximate surface area is 145 Å². The van der Waals surface area contributed by atoms with Crippen LogP contribution in [0.4, 0.5) is 0 Å². The van der Waals surface area contributed by atoms with E-state index in [9.17, 15) is 9.90 Å². The van der Waals surface area contributed by atoms with Crippen molar-refractivity contribution in [2.75, 3.05) is 0 Å². The van der Waals surface area contributed by atoms with Crippen molar-refractivity contribution >= 4 is 64.8 Å². The van der Waals surface area contributed by atoms with E-state index in [1.54, 1.807) is 0 Å². The Morgan fingerprint density at radius 2 is 1.91 bits per heavy atom. The maximum Gasteiger partial charge on any atom is 0.279 e. The van der Waals surface area contributed by atoms with Crippen molar-refractivity contribution in [3.05, 3.63) is 60.8 Å². The molecular weight excluding hydrogens is 430 g/mol. The molecule has 0 radical (unpaired) electrons. The normalized spacial score (nSPS) is 13.5. The third-order valence-corrected chi connectivity index (χ3v) is 5.76. The fourth-order valence-corrected chi connectivity index (χ4v) is 5.02. The number of rotatable bonds is 1. The molecule has 1 aliphatic heterocycles. The lowest BCUT2D eigenvalue weighted by Crippen LogP contribution is -2.24. The Balaban J connectivity index is 2.15. The summed E-state index contributed by atoms with van der Waals surface area (Å²) in [5.41, 5.74) is 0.454. The van der Waals surface area contributed by atoms with E-state index in [0.29, 0.717) is 15.8 Å². The summed E-state index contributed by atoms with van der Waals surface area (Å²) in [6.07, 6.45) is 0. The molecule has 0 saturated heterocycles. The summed E-state index contributed by atoms with van der Waals surface area (Å²) in [5.74, 6) is -0.182. The van der Waals surface area contributed by atoms with Crippen LogP contribution in [0.1, 0.15) is 4.88 Å². The third kappa shape index (κ3) is 1.98. The molecular formula is C16H7Br2NO2S. The quantitative estimate of drug-likeness (QED) is 0.634. The summed E-state index contributed by atoms with van der Waals surface area (Å²) in [4.78, 5) is 17.1. The van der Waals surface area contributed by atoms with E-state index in [4.69, 9.17) is 0 Å². The van der Waals surface area contributed by atoms with Crippen molar-refractivity contribution in [2.24, 2.45) is 4.99 Å². The summed E-state index contributed by atoms with van der Waals surface area (Å²) >= 11 is 8.27. The van der Waals surface area contributed by atoms with E-state index >= 15 is 0 Å². The lowest BCUT2D eigenvalue weighted by Gasteiger charge is -1.98. The second-order valence-electron chi connectivity index (χ2n) is 4.85. The highest BCUT2D eigenvalue weighted by atomic mass is 79.9. The molecule has 0 fully saturated rings. The molecule has 0 spiro atoms. The predicted octanol–water partition coefficient (Wildman–Crippen LogP) is 3.49. The minimum absolute atomic E-state index is 0.142. The highest BCUT2D eigenvalue weighted by molar-refractivity contribution is 9.11. The van der Waals surface area contributed by atoms with Gasteiger partial charge >= 0.3 is 0 Å². The first-order chi connectivity index (χ1) is 10.6. The van der Waals surface area contributed by atoms with Gasteiger partial charge in [-0.1, -0.05) is 28.1 Å². The van der Waals surface area contributed by atoms with Crippen molar-refractivity contribution in [3.63, 3.8) is 0 Å². The Kier molecular flexibility index (Phi) is 3.21. The molecule has 0 bridgehead atoms. The molecule has 1 aromatic heterocycles. The molecule has 0 saturated carbocycles. The van der Waals surface area contributed by atoms with Gasteiger partial charge in [0.1, 0.15) is 5.75 Å². The lowest BCUT2D eigenvalue weighted by atomic mass is 10.1. The van der Waals surface area contributed by atoms with E-state index in [2.05, 4.69) is 36.9 Å². The molecule has 1 aliphatic rings. The molecule has 3 aromatic rings. The molecule has 1 N–H and O–H groups in total. The van der Waals surface area contributed by atoms with Crippen molar-refractivity contribution in [1.82, 2.24) is 0 Å². The standard InChI is InChI=1S/C16H7Br2NO2S/c17-7-5-9-12(16(21)19-13(9)10(18)6-7)15-14(20)8-3-1-2-4-11(8)22-15/h1-6,20H. The molecule has 108 valence electrons. The summed E-state index contributed by atoms with van der Waals surface area (Å²) in [6.45, 7) is 0. The lowest BCUT2D eigenvalue weighted by molar-refractivity contribution is -0.112. The average Bonchev–Trinajstić information content (AvgIpc) is 2.97. The molecule has 3 nitrogen and oxygen atoms in total. The summed E-state index contributed by atoms with van der Waals surface area (Å²) < 4.78 is 2.54. The van der Waals surface area contributed by atoms with Crippen molar-refractivity contribution in [1.29, 1.82) is 0 Å². The van der Waals surface area contributed by atoms with Crippen molar-refractivity contribution < 1.29 is 9.90 Å². The highest BCUT2D eigenvalue weighted by Gasteiger charge is 2.25. The van der Waals surface area contributed by atoms with Crippen molar-refractivity contribution in [3.8, 4) is 5.75 Å². The molecule has 2 heterocycles. The van der Waals surface area contributed by atoms with Crippen LogP contribution in [0.3, 0.4) is 0 Å². The average molecular weight is 437 g/mol. The molecule has 1 amide bonds. The van der Waals surface area contributed by atoms with Crippen LogP contribution < -0.4 is 10.6 Å². The van der Waals surface area contributed by atoms with Crippen LogP contribution in [0.2, 0.25) is 0 Å². The van der Waals surface area contributed by atoms with Gasteiger partial charge in [0.05, 0.1) is 15.8 Å². The minimum Gasteiger partial charge on any atom is -0.506 e. The molecule has 2 aromatic carbocycles. The van der Waals surface area contributed by atoms with Crippen LogP contribution >= 0.6 is 43.2 Å². The fraction of sp³-hybridized carbons (Fsp3) is 0. The number of carbonyl (C=O) groups excluding carboxylic acids is 1. The zero-order valence-corrected chi connectivity index (χ0v) is 14.9. The zero-order chi connectivity index (χ0) is 15.4. The Hall–Kier alpha value is -1.50. The topological polar surface area (TPSA) is 49.7 Å². The second-order valence-corrected chi connectivity index (χ2v) is 7.67. The van der Waals surface area contributed by atoms with Gasteiger partial charge in [0.25, 0.3) is 5.91 Å². The number of fused-ring (bicyclic) bond motifs is 2. The van der Waals surface area contributed by atoms with E-state index in [1.807, 2.05) is 36.4 Å². The number of amides is 1. The minimum atomic E-state index is -0.323. The number of halogens is 2. The SMILES string of the molecule is O=C1N=c2c(Br)cc(Br)cc2=C1c1sc2ccccc2c1O. The van der Waals surface area contributed by atoms with E-state index in [-0.39, 0.29) is 11.7 Å². The summed E-state index contributed by atoms with van der Waals surface area (Å²) in [7, 11) is 0. The monoisotopic (exact) mass is 435 g/mol. The first-order valence-electron chi connectivity index (χ1n) is 6.39. The van der Waals surface area contributed by atoms with E-state index < -0.39 is 0 Å². The van der Waals surface area contributed by atoms with Gasteiger partial charge in [0.15, 0.2) is 0 Å². The molecule has 0 unspecified atom stereocenters. The van der Waals surface area contributed by atoms with Crippen LogP contribution in [0.25, 0.3) is 15.7 Å². The molecule has 0 atom stereocenters. The Bertz CT molecular complexity index is 1090. The fourth-order valence-electron chi connectivity index (χ4n) is 2.56. The van der Waals surface area contributed by atoms with Crippen LogP contribution in [-0.2, 0) is 4.79 Å². The first-order valence-corrected chi connectivity index (χ1v) is 8.80. The van der Waals surface area contributed by atoms with Crippen LogP contribution in [0.15, 0.2) is 50.3 Å². The van der Waals surface area contributed by atoms with Gasteiger partial charge in [-0.25, -0.2) is 4.99 Å². The van der Waals surface area contributed by atoms with Gasteiger partial charge in [-0.15, -0.1) is 11.3 Å². The number of benzene rings is 2. The molecule has 6 heteroatoms. The second kappa shape index (κ2) is 5.01. The molecule has 22 heavy (non-hydrogen) atoms. The first kappa shape index (κ1) is 14.1. The number of thiophene rings is 1. The van der Waals surface area contributed by atoms with Crippen molar-refractivity contribution in [2.45, 2.75) is 0 Å². The third-order valence-electron chi connectivity index (χ3n) is 3.52. The predicted molar refractivity (Wildman–Crippen MR) is 93.6 cm³/mol. The van der Waals surface area contributed by atoms with Gasteiger partial charge in [-0.2, -0.15) is 0 Å². The largest absolute Gasteiger partial charge is 0.506 e. The smallest absolute Gasteiger partial charge is 0.279 e. The Morgan fingerprint density at radius 3 is 2.68 bits per heavy atom. The van der Waals surface area contributed by atoms with Crippen LogP contribution in [0, 0.1) is 0 Å². The highest BCUT2D eigenvalue weighted by Crippen LogP contribution is 2.40. The van der Waals surface area contributed by atoms with Gasteiger partial charge in [-0.3, -0.25) is 4.79 Å². The molecule has 0 aliphatic carbocycles. The zero-order valence-electron chi connectivity index (χ0n) is 10.9. The van der Waals surface area contributed by atoms with Gasteiger partial charge in [-0.05, 0) is 40.2 Å². The number of nitrogens with zero attached hydrogens (tertiary/aromatic N) is 1. The van der Waals surface area contributed by atoms with Crippen LogP contribution in [0.5, 0.6) is 5.75 Å². The maximum absolute atomic E-state index is 12.4. The van der Waals surface area contributed by atoms with Gasteiger partial charge < -0.3 is 5.11 Å². The van der Waals surface area contributed by atoms with Gasteiger partial charge in [0, 0.05) is 24.3 Å². The number of aromatic hydroxyl groups is 1. The number of hydrogen-bond acceptors (Lipinski definition) is 3. The summed E-state index contributed by atoms with van der Waals surface area (Å²) in [5, 5.41) is 12.6.